The fourth-order valence-corrected chi connectivity index (χ4v) is 2.72. The Morgan fingerprint density at radius 3 is 2.74 bits per heavy atom. The molecule has 1 aromatic heterocycles. The number of halogens is 2. The third-order valence-electron chi connectivity index (χ3n) is 3.52. The average Bonchev–Trinajstić information content (AvgIpc) is 2.83. The molecule has 2 heterocycles. The Hall–Kier alpha value is -0.520. The van der Waals surface area contributed by atoms with Gasteiger partial charge in [0, 0.05) is 19.2 Å². The quantitative estimate of drug-likeness (QED) is 0.907. The second-order valence-electron chi connectivity index (χ2n) is 4.77. The summed E-state index contributed by atoms with van der Waals surface area (Å²) in [6.45, 7) is 2.78. The maximum Gasteiger partial charge on any atom is 0.257 e. The van der Waals surface area contributed by atoms with Crippen LogP contribution in [0.5, 0.6) is 0 Å². The molecule has 0 radical (unpaired) electrons. The summed E-state index contributed by atoms with van der Waals surface area (Å²) in [5.41, 5.74) is 0.635. The Balaban J connectivity index is 0.00000180. The van der Waals surface area contributed by atoms with Crippen LogP contribution in [0.3, 0.4) is 0 Å². The van der Waals surface area contributed by atoms with Crippen molar-refractivity contribution in [1.82, 2.24) is 10.2 Å². The molecule has 0 bridgehead atoms. The lowest BCUT2D eigenvalue weighted by atomic mass is 9.93. The summed E-state index contributed by atoms with van der Waals surface area (Å²) >= 11 is 3.22. The van der Waals surface area contributed by atoms with Gasteiger partial charge in [0.2, 0.25) is 0 Å². The van der Waals surface area contributed by atoms with Crippen LogP contribution in [0, 0.1) is 5.92 Å². The summed E-state index contributed by atoms with van der Waals surface area (Å²) in [5, 5.41) is 3.18. The Morgan fingerprint density at radius 1 is 1.53 bits per heavy atom. The Labute approximate surface area is 128 Å². The van der Waals surface area contributed by atoms with E-state index in [1.807, 2.05) is 11.9 Å². The number of likely N-dealkylation sites (tertiary alicyclic amines) is 1. The number of carbonyl (C=O) groups excluding carboxylic acids is 1. The minimum Gasteiger partial charge on any atom is -0.457 e. The topological polar surface area (TPSA) is 45.5 Å². The smallest absolute Gasteiger partial charge is 0.257 e. The van der Waals surface area contributed by atoms with E-state index in [0.717, 1.165) is 38.4 Å². The highest BCUT2D eigenvalue weighted by atomic mass is 79.9. The number of hydrogen-bond acceptors (Lipinski definition) is 3. The van der Waals surface area contributed by atoms with E-state index < -0.39 is 0 Å². The van der Waals surface area contributed by atoms with Gasteiger partial charge in [-0.25, -0.2) is 0 Å². The molecule has 1 saturated heterocycles. The summed E-state index contributed by atoms with van der Waals surface area (Å²) in [6.07, 6.45) is 4.92. The van der Waals surface area contributed by atoms with E-state index in [1.165, 1.54) is 12.7 Å². The number of piperidine rings is 1. The van der Waals surface area contributed by atoms with Crippen molar-refractivity contribution in [2.24, 2.45) is 5.92 Å². The summed E-state index contributed by atoms with van der Waals surface area (Å²) in [4.78, 5) is 14.1. The fraction of sp³-hybridized carbons (Fsp3) is 0.615. The molecular weight excluding hydrogens is 332 g/mol. The molecular formula is C13H20BrClN2O2. The van der Waals surface area contributed by atoms with Crippen molar-refractivity contribution in [2.75, 3.05) is 26.7 Å². The lowest BCUT2D eigenvalue weighted by Crippen LogP contribution is -2.38. The second-order valence-corrected chi connectivity index (χ2v) is 5.55. The van der Waals surface area contributed by atoms with Gasteiger partial charge < -0.3 is 14.6 Å². The van der Waals surface area contributed by atoms with Crippen molar-refractivity contribution in [2.45, 2.75) is 19.3 Å². The van der Waals surface area contributed by atoms with E-state index in [1.54, 1.807) is 6.07 Å². The van der Waals surface area contributed by atoms with Crippen LogP contribution in [0.4, 0.5) is 0 Å². The first kappa shape index (κ1) is 16.5. The number of nitrogens with one attached hydrogen (secondary N) is 1. The first-order chi connectivity index (χ1) is 8.70. The molecule has 0 aromatic carbocycles. The van der Waals surface area contributed by atoms with Crippen LogP contribution < -0.4 is 5.32 Å². The molecule has 1 amide bonds. The molecule has 4 nitrogen and oxygen atoms in total. The standard InChI is InChI=1S/C13H19BrN2O2.ClH/c1-15-5-2-10-3-6-16(7-4-10)13(17)11-8-12(14)18-9-11;/h8-10,15H,2-7H2,1H3;1H. The van der Waals surface area contributed by atoms with Crippen molar-refractivity contribution in [3.8, 4) is 0 Å². The van der Waals surface area contributed by atoms with Gasteiger partial charge in [0.25, 0.3) is 5.91 Å². The summed E-state index contributed by atoms with van der Waals surface area (Å²) in [6, 6.07) is 1.73. The lowest BCUT2D eigenvalue weighted by Gasteiger charge is -2.31. The van der Waals surface area contributed by atoms with Crippen LogP contribution in [0.2, 0.25) is 0 Å². The van der Waals surface area contributed by atoms with E-state index in [2.05, 4.69) is 21.2 Å². The van der Waals surface area contributed by atoms with Gasteiger partial charge in [-0.05, 0) is 54.7 Å². The summed E-state index contributed by atoms with van der Waals surface area (Å²) in [5.74, 6) is 0.828. The predicted octanol–water partition coefficient (Wildman–Crippen LogP) is 2.93. The van der Waals surface area contributed by atoms with Gasteiger partial charge in [-0.3, -0.25) is 4.79 Å². The van der Waals surface area contributed by atoms with E-state index in [9.17, 15) is 4.79 Å². The van der Waals surface area contributed by atoms with Crippen molar-refractivity contribution in [1.29, 1.82) is 0 Å². The van der Waals surface area contributed by atoms with Crippen molar-refractivity contribution >= 4 is 34.2 Å². The van der Waals surface area contributed by atoms with Gasteiger partial charge >= 0.3 is 0 Å². The van der Waals surface area contributed by atoms with E-state index in [0.29, 0.717) is 10.2 Å². The molecule has 108 valence electrons. The first-order valence-corrected chi connectivity index (χ1v) is 7.18. The predicted molar refractivity (Wildman–Crippen MR) is 80.8 cm³/mol. The molecule has 0 saturated carbocycles. The highest BCUT2D eigenvalue weighted by Gasteiger charge is 2.24. The van der Waals surface area contributed by atoms with Crippen LogP contribution in [-0.4, -0.2) is 37.5 Å². The average molecular weight is 352 g/mol. The third kappa shape index (κ3) is 4.51. The van der Waals surface area contributed by atoms with Crippen molar-refractivity contribution in [3.05, 3.63) is 22.6 Å². The molecule has 1 N–H and O–H groups in total. The fourth-order valence-electron chi connectivity index (χ4n) is 2.38. The normalized spacial score (nSPS) is 16.2. The van der Waals surface area contributed by atoms with Crippen LogP contribution >= 0.6 is 28.3 Å². The van der Waals surface area contributed by atoms with Crippen molar-refractivity contribution in [3.63, 3.8) is 0 Å². The van der Waals surface area contributed by atoms with Gasteiger partial charge in [-0.2, -0.15) is 0 Å². The largest absolute Gasteiger partial charge is 0.457 e. The van der Waals surface area contributed by atoms with E-state index in [4.69, 9.17) is 4.42 Å². The van der Waals surface area contributed by atoms with Gasteiger partial charge in [0.1, 0.15) is 6.26 Å². The number of nitrogens with zero attached hydrogens (tertiary/aromatic N) is 1. The number of carbonyl (C=O) groups is 1. The Bertz CT molecular complexity index is 403. The SMILES string of the molecule is CNCCC1CCN(C(=O)c2coc(Br)c2)CC1.Cl. The zero-order valence-corrected chi connectivity index (χ0v) is 13.4. The van der Waals surface area contributed by atoms with Gasteiger partial charge in [-0.1, -0.05) is 0 Å². The van der Waals surface area contributed by atoms with Crippen LogP contribution in [0.1, 0.15) is 29.6 Å². The molecule has 2 rings (SSSR count). The maximum atomic E-state index is 12.2. The van der Waals surface area contributed by atoms with E-state index >= 15 is 0 Å². The zero-order valence-electron chi connectivity index (χ0n) is 11.0. The van der Waals surface area contributed by atoms with Crippen LogP contribution in [0.15, 0.2) is 21.4 Å². The zero-order chi connectivity index (χ0) is 13.0. The molecule has 6 heteroatoms. The molecule has 1 aromatic rings. The molecule has 19 heavy (non-hydrogen) atoms. The Kier molecular flexibility index (Phi) is 6.89. The highest BCUT2D eigenvalue weighted by molar-refractivity contribution is 9.10. The monoisotopic (exact) mass is 350 g/mol. The van der Waals surface area contributed by atoms with Crippen LogP contribution in [-0.2, 0) is 0 Å². The molecule has 1 aliphatic rings. The summed E-state index contributed by atoms with van der Waals surface area (Å²) in [7, 11) is 1.98. The van der Waals surface area contributed by atoms with Crippen LogP contribution in [0.25, 0.3) is 0 Å². The van der Waals surface area contributed by atoms with Gasteiger partial charge in [0.15, 0.2) is 4.67 Å². The molecule has 1 aliphatic heterocycles. The molecule has 0 aliphatic carbocycles. The molecule has 0 atom stereocenters. The number of amides is 1. The number of furan rings is 1. The molecule has 0 unspecified atom stereocenters. The van der Waals surface area contributed by atoms with Gasteiger partial charge in [0.05, 0.1) is 5.56 Å². The highest BCUT2D eigenvalue weighted by Crippen LogP contribution is 2.22. The lowest BCUT2D eigenvalue weighted by molar-refractivity contribution is 0.0686. The minimum atomic E-state index is 0. The third-order valence-corrected chi connectivity index (χ3v) is 3.93. The minimum absolute atomic E-state index is 0. The number of rotatable bonds is 4. The van der Waals surface area contributed by atoms with Crippen molar-refractivity contribution < 1.29 is 9.21 Å². The first-order valence-electron chi connectivity index (χ1n) is 6.38. The maximum absolute atomic E-state index is 12.2. The van der Waals surface area contributed by atoms with E-state index in [-0.39, 0.29) is 18.3 Å². The number of hydrogen-bond donors (Lipinski definition) is 1. The van der Waals surface area contributed by atoms with Gasteiger partial charge in [-0.15, -0.1) is 12.4 Å². The molecule has 1 fully saturated rings. The Morgan fingerprint density at radius 2 is 2.21 bits per heavy atom. The molecule has 0 spiro atoms. The summed E-state index contributed by atoms with van der Waals surface area (Å²) < 4.78 is 5.72. The second kappa shape index (κ2) is 7.92.